The normalized spacial score (nSPS) is 47.5. The van der Waals surface area contributed by atoms with Crippen molar-refractivity contribution in [2.24, 2.45) is 11.5 Å². The minimum atomic E-state index is -0.882. The van der Waals surface area contributed by atoms with Crippen LogP contribution in [0.25, 0.3) is 0 Å². The van der Waals surface area contributed by atoms with Crippen molar-refractivity contribution in [3.05, 3.63) is 0 Å². The Morgan fingerprint density at radius 1 is 1.26 bits per heavy atom. The van der Waals surface area contributed by atoms with Gasteiger partial charge in [0.25, 0.3) is 0 Å². The Bertz CT molecular complexity index is 294. The van der Waals surface area contributed by atoms with Gasteiger partial charge < -0.3 is 41.0 Å². The van der Waals surface area contributed by atoms with Crippen LogP contribution in [0, 0.1) is 0 Å². The molecule has 2 aliphatic heterocycles. The van der Waals surface area contributed by atoms with E-state index in [0.29, 0.717) is 6.42 Å². The molecule has 0 aliphatic carbocycles. The van der Waals surface area contributed by atoms with Crippen LogP contribution in [0.5, 0.6) is 0 Å². The molecule has 2 aliphatic rings. The van der Waals surface area contributed by atoms with Crippen molar-refractivity contribution in [3.63, 3.8) is 0 Å². The summed E-state index contributed by atoms with van der Waals surface area (Å²) in [6, 6.07) is -0.727. The minimum absolute atomic E-state index is 0.0841. The highest BCUT2D eigenvalue weighted by Gasteiger charge is 2.43. The first-order valence-corrected chi connectivity index (χ1v) is 6.42. The first kappa shape index (κ1) is 15.1. The second-order valence-electron chi connectivity index (χ2n) is 4.96. The van der Waals surface area contributed by atoms with Crippen molar-refractivity contribution in [3.8, 4) is 0 Å². The van der Waals surface area contributed by atoms with Gasteiger partial charge >= 0.3 is 0 Å². The number of rotatable bonds is 4. The van der Waals surface area contributed by atoms with Crippen LogP contribution in [0.15, 0.2) is 0 Å². The molecule has 7 atom stereocenters. The standard InChI is InChI=1S/C11H22N2O6/c12-2-5-1-6(15)9(13)11(18-5)19-10-7(16)4-17-8(10)3-14/h5-11,14-16H,1-4,12-13H2/t5-,6+,7+,8-,9-,10+,11-/m1/s1. The zero-order valence-electron chi connectivity index (χ0n) is 10.6. The lowest BCUT2D eigenvalue weighted by Gasteiger charge is -2.39. The molecule has 8 heteroatoms. The molecule has 0 spiro atoms. The molecule has 7 N–H and O–H groups in total. The number of aliphatic hydroxyl groups is 3. The highest BCUT2D eigenvalue weighted by Crippen LogP contribution is 2.25. The van der Waals surface area contributed by atoms with Crippen LogP contribution < -0.4 is 11.5 Å². The lowest BCUT2D eigenvalue weighted by Crippen LogP contribution is -2.57. The molecule has 2 saturated heterocycles. The van der Waals surface area contributed by atoms with E-state index in [2.05, 4.69) is 0 Å². The molecule has 19 heavy (non-hydrogen) atoms. The molecule has 2 rings (SSSR count). The number of nitrogens with two attached hydrogens (primary N) is 2. The van der Waals surface area contributed by atoms with Crippen molar-refractivity contribution in [2.75, 3.05) is 19.8 Å². The maximum Gasteiger partial charge on any atom is 0.176 e. The van der Waals surface area contributed by atoms with Gasteiger partial charge in [-0.25, -0.2) is 0 Å². The zero-order valence-corrected chi connectivity index (χ0v) is 10.6. The largest absolute Gasteiger partial charge is 0.394 e. The molecule has 0 saturated carbocycles. The highest BCUT2D eigenvalue weighted by atomic mass is 16.7. The molecule has 0 unspecified atom stereocenters. The summed E-state index contributed by atoms with van der Waals surface area (Å²) in [5.74, 6) is 0. The lowest BCUT2D eigenvalue weighted by molar-refractivity contribution is -0.254. The van der Waals surface area contributed by atoms with E-state index in [1.165, 1.54) is 0 Å². The Hall–Kier alpha value is -0.320. The summed E-state index contributed by atoms with van der Waals surface area (Å²) < 4.78 is 16.3. The van der Waals surface area contributed by atoms with E-state index < -0.39 is 36.7 Å². The predicted octanol–water partition coefficient (Wildman–Crippen LogP) is -3.11. The molecule has 2 fully saturated rings. The summed E-state index contributed by atoms with van der Waals surface area (Å²) in [4.78, 5) is 0. The minimum Gasteiger partial charge on any atom is -0.394 e. The van der Waals surface area contributed by atoms with Gasteiger partial charge in [-0.1, -0.05) is 0 Å². The third-order valence-electron chi connectivity index (χ3n) is 3.55. The average molecular weight is 278 g/mol. The smallest absolute Gasteiger partial charge is 0.176 e. The maximum atomic E-state index is 9.83. The van der Waals surface area contributed by atoms with Crippen molar-refractivity contribution < 1.29 is 29.5 Å². The summed E-state index contributed by atoms with van der Waals surface area (Å²) in [5, 5.41) is 28.7. The summed E-state index contributed by atoms with van der Waals surface area (Å²) in [6.45, 7) is 0.0596. The van der Waals surface area contributed by atoms with E-state index >= 15 is 0 Å². The summed E-state index contributed by atoms with van der Waals surface area (Å²) in [5.41, 5.74) is 11.3. The summed E-state index contributed by atoms with van der Waals surface area (Å²) in [6.07, 6.45) is -3.86. The molecular formula is C11H22N2O6. The number of ether oxygens (including phenoxy) is 3. The van der Waals surface area contributed by atoms with Crippen molar-refractivity contribution in [1.82, 2.24) is 0 Å². The van der Waals surface area contributed by atoms with E-state index in [0.717, 1.165) is 0 Å². The second-order valence-corrected chi connectivity index (χ2v) is 4.96. The predicted molar refractivity (Wildman–Crippen MR) is 64.0 cm³/mol. The average Bonchev–Trinajstić information content (AvgIpc) is 2.75. The van der Waals surface area contributed by atoms with E-state index in [9.17, 15) is 10.2 Å². The maximum absolute atomic E-state index is 9.83. The molecule has 8 nitrogen and oxygen atoms in total. The van der Waals surface area contributed by atoms with Crippen LogP contribution in [0.3, 0.4) is 0 Å². The molecule has 112 valence electrons. The Kier molecular flexibility index (Phi) is 5.09. The number of hydrogen-bond acceptors (Lipinski definition) is 8. The molecule has 2 heterocycles. The van der Waals surface area contributed by atoms with Crippen LogP contribution in [-0.4, -0.2) is 77.9 Å². The first-order chi connectivity index (χ1) is 9.06. The fourth-order valence-electron chi connectivity index (χ4n) is 2.37. The van der Waals surface area contributed by atoms with Crippen LogP contribution >= 0.6 is 0 Å². The number of aliphatic hydroxyl groups excluding tert-OH is 3. The monoisotopic (exact) mass is 278 g/mol. The van der Waals surface area contributed by atoms with Gasteiger partial charge in [-0.05, 0) is 0 Å². The van der Waals surface area contributed by atoms with Crippen molar-refractivity contribution in [2.45, 2.75) is 49.3 Å². The molecular weight excluding hydrogens is 256 g/mol. The van der Waals surface area contributed by atoms with Gasteiger partial charge in [0.15, 0.2) is 6.29 Å². The van der Waals surface area contributed by atoms with Gasteiger partial charge in [-0.3, -0.25) is 0 Å². The summed E-state index contributed by atoms with van der Waals surface area (Å²) in [7, 11) is 0. The van der Waals surface area contributed by atoms with Crippen LogP contribution in [0.4, 0.5) is 0 Å². The van der Waals surface area contributed by atoms with Crippen molar-refractivity contribution >= 4 is 0 Å². The van der Waals surface area contributed by atoms with E-state index in [1.807, 2.05) is 0 Å². The third kappa shape index (κ3) is 3.23. The molecule has 0 bridgehead atoms. The molecule has 0 aromatic heterocycles. The van der Waals surface area contributed by atoms with Crippen molar-refractivity contribution in [1.29, 1.82) is 0 Å². The Balaban J connectivity index is 1.99. The highest BCUT2D eigenvalue weighted by molar-refractivity contribution is 4.89. The number of hydrogen-bond donors (Lipinski definition) is 5. The second kappa shape index (κ2) is 6.42. The topological polar surface area (TPSA) is 140 Å². The van der Waals surface area contributed by atoms with Crippen LogP contribution in [-0.2, 0) is 14.2 Å². The fourth-order valence-corrected chi connectivity index (χ4v) is 2.37. The Morgan fingerprint density at radius 2 is 2.00 bits per heavy atom. The van der Waals surface area contributed by atoms with E-state index in [1.54, 1.807) is 0 Å². The lowest BCUT2D eigenvalue weighted by atomic mass is 10.0. The fraction of sp³-hybridized carbons (Fsp3) is 1.00. The molecule has 0 amide bonds. The van der Waals surface area contributed by atoms with Gasteiger partial charge in [0.05, 0.1) is 31.5 Å². The van der Waals surface area contributed by atoms with Gasteiger partial charge in [0, 0.05) is 13.0 Å². The van der Waals surface area contributed by atoms with Gasteiger partial charge in [0.1, 0.15) is 18.3 Å². The van der Waals surface area contributed by atoms with Crippen LogP contribution in [0.2, 0.25) is 0 Å². The quantitative estimate of drug-likeness (QED) is 0.364. The molecule has 0 aromatic carbocycles. The third-order valence-corrected chi connectivity index (χ3v) is 3.55. The summed E-state index contributed by atoms with van der Waals surface area (Å²) >= 11 is 0. The van der Waals surface area contributed by atoms with Gasteiger partial charge in [0.2, 0.25) is 0 Å². The Labute approximate surface area is 111 Å². The SMILES string of the molecule is NC[C@H]1C[C@H](O)[C@@H](N)[C@@H](O[C@H]2[C@@H](O)CO[C@@H]2CO)O1. The van der Waals surface area contributed by atoms with Crippen LogP contribution in [0.1, 0.15) is 6.42 Å². The first-order valence-electron chi connectivity index (χ1n) is 6.42. The zero-order chi connectivity index (χ0) is 14.0. The van der Waals surface area contributed by atoms with Gasteiger partial charge in [-0.2, -0.15) is 0 Å². The van der Waals surface area contributed by atoms with E-state index in [4.69, 9.17) is 30.8 Å². The van der Waals surface area contributed by atoms with E-state index in [-0.39, 0.29) is 25.9 Å². The Morgan fingerprint density at radius 3 is 2.63 bits per heavy atom. The molecule has 0 radical (unpaired) electrons. The molecule has 0 aromatic rings. The van der Waals surface area contributed by atoms with Gasteiger partial charge in [-0.15, -0.1) is 0 Å².